The number of alkyl halides is 3. The molecule has 4 rings (SSSR count). The summed E-state index contributed by atoms with van der Waals surface area (Å²) in [4.78, 5) is 22.3. The molecule has 1 aromatic carbocycles. The molecule has 1 aliphatic heterocycles. The lowest BCUT2D eigenvalue weighted by molar-refractivity contribution is -0.192. The van der Waals surface area contributed by atoms with Crippen molar-refractivity contribution in [3.05, 3.63) is 35.1 Å². The van der Waals surface area contributed by atoms with Gasteiger partial charge in [0.05, 0.1) is 11.5 Å². The van der Waals surface area contributed by atoms with E-state index in [1.54, 1.807) is 12.1 Å². The number of halogens is 4. The van der Waals surface area contributed by atoms with Crippen LogP contribution in [0.2, 0.25) is 0 Å². The van der Waals surface area contributed by atoms with Gasteiger partial charge in [0.25, 0.3) is 0 Å². The van der Waals surface area contributed by atoms with Crippen molar-refractivity contribution in [2.45, 2.75) is 62.8 Å². The molecular formula is C22H27F4NO5. The summed E-state index contributed by atoms with van der Waals surface area (Å²) in [7, 11) is 0. The van der Waals surface area contributed by atoms with Gasteiger partial charge in [-0.1, -0.05) is 6.07 Å². The summed E-state index contributed by atoms with van der Waals surface area (Å²) in [5.41, 5.74) is 1.63. The number of carboxylic acid groups (broad SMARTS) is 2. The number of nitrogens with zero attached hydrogens (tertiary/aromatic N) is 1. The number of piperidine rings is 1. The van der Waals surface area contributed by atoms with E-state index in [4.69, 9.17) is 15.0 Å². The quantitative estimate of drug-likeness (QED) is 0.578. The van der Waals surface area contributed by atoms with Crippen molar-refractivity contribution in [3.63, 3.8) is 0 Å². The Kier molecular flexibility index (Phi) is 7.14. The summed E-state index contributed by atoms with van der Waals surface area (Å²) >= 11 is 0. The van der Waals surface area contributed by atoms with E-state index in [1.807, 2.05) is 6.07 Å². The van der Waals surface area contributed by atoms with Gasteiger partial charge in [-0.3, -0.25) is 9.69 Å². The average Bonchev–Trinajstić information content (AvgIpc) is 3.52. The lowest BCUT2D eigenvalue weighted by Gasteiger charge is -2.49. The Hall–Kier alpha value is -2.20. The van der Waals surface area contributed by atoms with Crippen molar-refractivity contribution in [1.82, 2.24) is 4.90 Å². The first-order chi connectivity index (χ1) is 14.9. The van der Waals surface area contributed by atoms with Gasteiger partial charge in [0.15, 0.2) is 0 Å². The Balaban J connectivity index is 0.000000360. The molecule has 1 heterocycles. The first-order valence-electron chi connectivity index (χ1n) is 10.6. The Bertz CT molecular complexity index is 841. The molecule has 10 heteroatoms. The molecule has 3 N–H and O–H groups in total. The van der Waals surface area contributed by atoms with Crippen LogP contribution in [0.1, 0.15) is 55.6 Å². The SMILES string of the molecule is O=C(O)C(F)(F)F.O=C(O)C1CC(O)(C2CCN(Cc3ccc(F)cc3C3CC3)CC2)C1. The van der Waals surface area contributed by atoms with Crippen LogP contribution >= 0.6 is 0 Å². The van der Waals surface area contributed by atoms with E-state index in [0.717, 1.165) is 45.3 Å². The molecule has 1 saturated heterocycles. The van der Waals surface area contributed by atoms with Crippen LogP contribution in [0.25, 0.3) is 0 Å². The molecule has 0 bridgehead atoms. The number of rotatable bonds is 5. The van der Waals surface area contributed by atoms with Crippen LogP contribution in [-0.2, 0) is 16.1 Å². The molecule has 6 nitrogen and oxygen atoms in total. The normalized spacial score (nSPS) is 26.6. The Morgan fingerprint density at radius 1 is 1.06 bits per heavy atom. The number of likely N-dealkylation sites (tertiary alicyclic amines) is 1. The molecule has 2 saturated carbocycles. The van der Waals surface area contributed by atoms with Gasteiger partial charge in [0.2, 0.25) is 0 Å². The number of aliphatic carboxylic acids is 2. The van der Waals surface area contributed by atoms with Gasteiger partial charge >= 0.3 is 18.1 Å². The zero-order valence-corrected chi connectivity index (χ0v) is 17.4. The van der Waals surface area contributed by atoms with Crippen molar-refractivity contribution < 1.29 is 42.5 Å². The number of hydrogen-bond donors (Lipinski definition) is 3. The second-order valence-electron chi connectivity index (χ2n) is 9.02. The minimum Gasteiger partial charge on any atom is -0.481 e. The molecule has 32 heavy (non-hydrogen) atoms. The fourth-order valence-electron chi connectivity index (χ4n) is 4.66. The van der Waals surface area contributed by atoms with Gasteiger partial charge in [-0.05, 0) is 86.7 Å². The van der Waals surface area contributed by atoms with E-state index in [2.05, 4.69) is 4.90 Å². The highest BCUT2D eigenvalue weighted by Crippen LogP contribution is 2.47. The summed E-state index contributed by atoms with van der Waals surface area (Å²) < 4.78 is 45.3. The summed E-state index contributed by atoms with van der Waals surface area (Å²) in [5.74, 6) is -3.33. The van der Waals surface area contributed by atoms with Crippen LogP contribution in [0.4, 0.5) is 17.6 Å². The molecule has 0 amide bonds. The lowest BCUT2D eigenvalue weighted by Crippen LogP contribution is -2.54. The van der Waals surface area contributed by atoms with Gasteiger partial charge in [0, 0.05) is 6.54 Å². The van der Waals surface area contributed by atoms with E-state index < -0.39 is 23.7 Å². The molecular weight excluding hydrogens is 434 g/mol. The maximum absolute atomic E-state index is 13.5. The third-order valence-corrected chi connectivity index (χ3v) is 6.66. The van der Waals surface area contributed by atoms with E-state index in [-0.39, 0.29) is 17.7 Å². The third-order valence-electron chi connectivity index (χ3n) is 6.66. The average molecular weight is 461 g/mol. The highest BCUT2D eigenvalue weighted by molar-refractivity contribution is 5.73. The first-order valence-corrected chi connectivity index (χ1v) is 10.6. The first kappa shape index (κ1) is 24.4. The minimum atomic E-state index is -5.08. The van der Waals surface area contributed by atoms with Crippen molar-refractivity contribution in [2.24, 2.45) is 11.8 Å². The van der Waals surface area contributed by atoms with E-state index in [0.29, 0.717) is 18.8 Å². The molecule has 0 spiro atoms. The molecule has 3 fully saturated rings. The zero-order chi connectivity index (χ0) is 23.7. The number of hydrogen-bond acceptors (Lipinski definition) is 4. The third kappa shape index (κ3) is 5.98. The van der Waals surface area contributed by atoms with Crippen LogP contribution in [0.5, 0.6) is 0 Å². The summed E-state index contributed by atoms with van der Waals surface area (Å²) in [6.07, 6.45) is -0.147. The lowest BCUT2D eigenvalue weighted by atomic mass is 9.62. The number of carboxylic acids is 2. The standard InChI is InChI=1S/C20H26FNO3.C2HF3O2/c21-17-4-3-14(18(9-17)13-1-2-13)12-22-7-5-16(6-8-22)20(25)10-15(11-20)19(23)24;3-2(4,5)1(6)7/h3-4,9,13,15-16,25H,1-2,5-8,10-12H2,(H,23,24);(H,6,7). The summed E-state index contributed by atoms with van der Waals surface area (Å²) in [6.45, 7) is 2.66. The monoisotopic (exact) mass is 461 g/mol. The van der Waals surface area contributed by atoms with E-state index in [1.165, 1.54) is 11.1 Å². The second-order valence-corrected chi connectivity index (χ2v) is 9.02. The second kappa shape index (κ2) is 9.35. The van der Waals surface area contributed by atoms with E-state index in [9.17, 15) is 27.5 Å². The van der Waals surface area contributed by atoms with E-state index >= 15 is 0 Å². The Labute approximate surface area is 182 Å². The van der Waals surface area contributed by atoms with Crippen LogP contribution in [0.3, 0.4) is 0 Å². The van der Waals surface area contributed by atoms with Crippen LogP contribution in [-0.4, -0.2) is 57.0 Å². The van der Waals surface area contributed by atoms with Crippen LogP contribution < -0.4 is 0 Å². The Morgan fingerprint density at radius 2 is 1.62 bits per heavy atom. The van der Waals surface area contributed by atoms with Gasteiger partial charge in [-0.25, -0.2) is 9.18 Å². The summed E-state index contributed by atoms with van der Waals surface area (Å²) in [6, 6.07) is 5.17. The molecule has 178 valence electrons. The molecule has 3 aliphatic rings. The largest absolute Gasteiger partial charge is 0.490 e. The molecule has 2 aliphatic carbocycles. The maximum atomic E-state index is 13.5. The van der Waals surface area contributed by atoms with Crippen molar-refractivity contribution >= 4 is 11.9 Å². The van der Waals surface area contributed by atoms with Crippen LogP contribution in [0.15, 0.2) is 18.2 Å². The maximum Gasteiger partial charge on any atom is 0.490 e. The predicted octanol–water partition coefficient (Wildman–Crippen LogP) is 3.77. The number of benzene rings is 1. The van der Waals surface area contributed by atoms with Gasteiger partial charge in [-0.2, -0.15) is 13.2 Å². The molecule has 0 radical (unpaired) electrons. The smallest absolute Gasteiger partial charge is 0.481 e. The van der Waals surface area contributed by atoms with Crippen molar-refractivity contribution in [1.29, 1.82) is 0 Å². The fourth-order valence-corrected chi connectivity index (χ4v) is 4.66. The summed E-state index contributed by atoms with van der Waals surface area (Å²) in [5, 5.41) is 26.8. The van der Waals surface area contributed by atoms with Crippen molar-refractivity contribution in [3.8, 4) is 0 Å². The topological polar surface area (TPSA) is 98.1 Å². The zero-order valence-electron chi connectivity index (χ0n) is 17.4. The Morgan fingerprint density at radius 3 is 2.09 bits per heavy atom. The van der Waals surface area contributed by atoms with Gasteiger partial charge < -0.3 is 15.3 Å². The molecule has 1 aromatic rings. The predicted molar refractivity (Wildman–Crippen MR) is 105 cm³/mol. The molecule has 0 atom stereocenters. The highest BCUT2D eigenvalue weighted by atomic mass is 19.4. The minimum absolute atomic E-state index is 0.149. The van der Waals surface area contributed by atoms with Gasteiger partial charge in [-0.15, -0.1) is 0 Å². The van der Waals surface area contributed by atoms with Crippen LogP contribution in [0, 0.1) is 17.7 Å². The van der Waals surface area contributed by atoms with Crippen molar-refractivity contribution in [2.75, 3.05) is 13.1 Å². The number of aliphatic hydroxyl groups is 1. The highest BCUT2D eigenvalue weighted by Gasteiger charge is 2.51. The van der Waals surface area contributed by atoms with Gasteiger partial charge in [0.1, 0.15) is 5.82 Å². The fraction of sp³-hybridized carbons (Fsp3) is 0.636. The number of carbonyl (C=O) groups is 2. The molecule has 0 aromatic heterocycles. The molecule has 0 unspecified atom stereocenters.